The van der Waals surface area contributed by atoms with Gasteiger partial charge >= 0.3 is 0 Å². The fourth-order valence-electron chi connectivity index (χ4n) is 2.91. The third-order valence-electron chi connectivity index (χ3n) is 3.68. The summed E-state index contributed by atoms with van der Waals surface area (Å²) < 4.78 is 0. The summed E-state index contributed by atoms with van der Waals surface area (Å²) in [5.41, 5.74) is 4.43. The molecule has 1 N–H and O–H groups in total. The largest absolute Gasteiger partial charge is 0.355 e. The molecule has 0 spiro atoms. The van der Waals surface area contributed by atoms with E-state index in [1.54, 1.807) is 0 Å². The maximum Gasteiger partial charge on any atom is 0.163 e. The van der Waals surface area contributed by atoms with E-state index < -0.39 is 0 Å². The Labute approximate surface area is 98.3 Å². The zero-order chi connectivity index (χ0) is 11.4. The van der Waals surface area contributed by atoms with Crippen LogP contribution < -0.4 is 0 Å². The van der Waals surface area contributed by atoms with Crippen molar-refractivity contribution in [1.82, 2.24) is 4.98 Å². The van der Waals surface area contributed by atoms with Crippen molar-refractivity contribution in [3.8, 4) is 0 Å². The Balaban J connectivity index is 2.26. The van der Waals surface area contributed by atoms with Crippen LogP contribution in [0.15, 0.2) is 36.4 Å². The number of benzene rings is 2. The van der Waals surface area contributed by atoms with Crippen LogP contribution in [0.5, 0.6) is 0 Å². The van der Waals surface area contributed by atoms with E-state index in [-0.39, 0.29) is 5.78 Å². The molecule has 0 bridgehead atoms. The molecule has 0 amide bonds. The molecule has 82 valence electrons. The first-order valence-electron chi connectivity index (χ1n) is 5.90. The monoisotopic (exact) mass is 221 g/mol. The van der Waals surface area contributed by atoms with Gasteiger partial charge in [-0.3, -0.25) is 4.79 Å². The highest BCUT2D eigenvalue weighted by Crippen LogP contribution is 2.34. The van der Waals surface area contributed by atoms with Gasteiger partial charge in [-0.2, -0.15) is 0 Å². The van der Waals surface area contributed by atoms with Gasteiger partial charge in [0.15, 0.2) is 5.78 Å². The predicted octanol–water partition coefficient (Wildman–Crippen LogP) is 3.45. The van der Waals surface area contributed by atoms with Gasteiger partial charge < -0.3 is 4.98 Å². The van der Waals surface area contributed by atoms with E-state index in [0.717, 1.165) is 23.0 Å². The molecule has 0 saturated heterocycles. The maximum absolute atomic E-state index is 11.8. The molecule has 1 aliphatic rings. The molecule has 2 aromatic carbocycles. The van der Waals surface area contributed by atoms with Crippen LogP contribution >= 0.6 is 0 Å². The average Bonchev–Trinajstić information content (AvgIpc) is 2.90. The Morgan fingerprint density at radius 2 is 1.82 bits per heavy atom. The van der Waals surface area contributed by atoms with Gasteiger partial charge in [-0.15, -0.1) is 0 Å². The number of aromatic amines is 1. The highest BCUT2D eigenvalue weighted by atomic mass is 16.1. The second kappa shape index (κ2) is 2.98. The zero-order valence-electron chi connectivity index (χ0n) is 9.29. The van der Waals surface area contributed by atoms with Crippen LogP contribution in [-0.4, -0.2) is 10.8 Å². The number of rotatable bonds is 0. The summed E-state index contributed by atoms with van der Waals surface area (Å²) in [6.07, 6.45) is 1.54. The zero-order valence-corrected chi connectivity index (χ0v) is 9.29. The quantitative estimate of drug-likeness (QED) is 0.619. The van der Waals surface area contributed by atoms with E-state index in [9.17, 15) is 4.79 Å². The summed E-state index contributed by atoms with van der Waals surface area (Å²) in [6.45, 7) is 0. The smallest absolute Gasteiger partial charge is 0.163 e. The maximum atomic E-state index is 11.8. The first kappa shape index (κ1) is 8.99. The number of aromatic nitrogens is 1. The average molecular weight is 221 g/mol. The number of fused-ring (bicyclic) bond motifs is 5. The Hall–Kier alpha value is -2.09. The third-order valence-corrected chi connectivity index (χ3v) is 3.68. The molecule has 1 aliphatic carbocycles. The van der Waals surface area contributed by atoms with E-state index in [1.807, 2.05) is 24.3 Å². The van der Waals surface area contributed by atoms with Crippen LogP contribution in [0.3, 0.4) is 0 Å². The van der Waals surface area contributed by atoms with Crippen molar-refractivity contribution in [3.05, 3.63) is 47.5 Å². The van der Waals surface area contributed by atoms with Crippen molar-refractivity contribution in [2.45, 2.75) is 12.8 Å². The number of carbonyl (C=O) groups excluding carboxylic acids is 1. The summed E-state index contributed by atoms with van der Waals surface area (Å²) in [5.74, 6) is 0.284. The van der Waals surface area contributed by atoms with Crippen LogP contribution in [0.1, 0.15) is 22.3 Å². The van der Waals surface area contributed by atoms with Crippen molar-refractivity contribution >= 4 is 27.6 Å². The van der Waals surface area contributed by atoms with E-state index in [2.05, 4.69) is 17.1 Å². The molecule has 0 atom stereocenters. The Kier molecular flexibility index (Phi) is 1.57. The lowest BCUT2D eigenvalue weighted by Crippen LogP contribution is -1.90. The minimum absolute atomic E-state index is 0.284. The second-order valence-corrected chi connectivity index (χ2v) is 4.61. The van der Waals surface area contributed by atoms with Gasteiger partial charge in [0.05, 0.1) is 0 Å². The van der Waals surface area contributed by atoms with Gasteiger partial charge in [0.25, 0.3) is 0 Å². The normalized spacial score (nSPS) is 14.7. The standard InChI is InChI=1S/C15H11NO/c17-14-8-6-10-9(14)5-7-13-15(10)11-3-1-2-4-12(11)16-13/h1-5,7,16H,6,8H2. The highest BCUT2D eigenvalue weighted by molar-refractivity contribution is 6.14. The molecule has 3 aromatic rings. The van der Waals surface area contributed by atoms with Gasteiger partial charge in [0.1, 0.15) is 0 Å². The minimum Gasteiger partial charge on any atom is -0.355 e. The number of aryl methyl sites for hydroxylation is 1. The topological polar surface area (TPSA) is 32.9 Å². The Morgan fingerprint density at radius 3 is 2.76 bits per heavy atom. The number of hydrogen-bond acceptors (Lipinski definition) is 1. The summed E-state index contributed by atoms with van der Waals surface area (Å²) in [5, 5.41) is 2.47. The van der Waals surface area contributed by atoms with Crippen LogP contribution in [0, 0.1) is 0 Å². The molecule has 0 fully saturated rings. The third kappa shape index (κ3) is 1.07. The molecule has 0 aliphatic heterocycles. The SMILES string of the molecule is O=C1CCc2c1ccc1[nH]c3ccccc3c21. The van der Waals surface area contributed by atoms with E-state index in [1.165, 1.54) is 16.3 Å². The second-order valence-electron chi connectivity index (χ2n) is 4.61. The number of nitrogens with one attached hydrogen (secondary N) is 1. The Morgan fingerprint density at radius 1 is 0.941 bits per heavy atom. The molecule has 1 aromatic heterocycles. The van der Waals surface area contributed by atoms with Crippen LogP contribution in [0.4, 0.5) is 0 Å². The van der Waals surface area contributed by atoms with Gasteiger partial charge in [0, 0.05) is 33.8 Å². The van der Waals surface area contributed by atoms with Crippen LogP contribution in [-0.2, 0) is 6.42 Å². The minimum atomic E-state index is 0.284. The number of H-pyrrole nitrogens is 1. The predicted molar refractivity (Wildman–Crippen MR) is 68.5 cm³/mol. The number of para-hydroxylation sites is 1. The lowest BCUT2D eigenvalue weighted by atomic mass is 10.0. The first-order valence-corrected chi connectivity index (χ1v) is 5.90. The fraction of sp³-hybridized carbons (Fsp3) is 0.133. The molecule has 2 nitrogen and oxygen atoms in total. The summed E-state index contributed by atoms with van der Waals surface area (Å²) in [4.78, 5) is 15.2. The van der Waals surface area contributed by atoms with E-state index >= 15 is 0 Å². The summed E-state index contributed by atoms with van der Waals surface area (Å²) >= 11 is 0. The number of carbonyl (C=O) groups is 1. The van der Waals surface area contributed by atoms with Crippen molar-refractivity contribution in [3.63, 3.8) is 0 Å². The number of hydrogen-bond donors (Lipinski definition) is 1. The summed E-state index contributed by atoms with van der Waals surface area (Å²) in [7, 11) is 0. The highest BCUT2D eigenvalue weighted by Gasteiger charge is 2.22. The number of ketones is 1. The lowest BCUT2D eigenvalue weighted by molar-refractivity contribution is 0.0994. The molecule has 0 unspecified atom stereocenters. The van der Waals surface area contributed by atoms with Crippen molar-refractivity contribution in [2.24, 2.45) is 0 Å². The molecule has 0 radical (unpaired) electrons. The molecule has 0 saturated carbocycles. The van der Waals surface area contributed by atoms with Crippen LogP contribution in [0.25, 0.3) is 21.8 Å². The van der Waals surface area contributed by atoms with Crippen molar-refractivity contribution in [1.29, 1.82) is 0 Å². The molecule has 1 heterocycles. The van der Waals surface area contributed by atoms with Crippen molar-refractivity contribution in [2.75, 3.05) is 0 Å². The molecule has 4 rings (SSSR count). The molecular formula is C15H11NO. The number of Topliss-reactive ketones (excluding diaryl/α,β-unsaturated/α-hetero) is 1. The van der Waals surface area contributed by atoms with Gasteiger partial charge in [-0.1, -0.05) is 18.2 Å². The summed E-state index contributed by atoms with van der Waals surface area (Å²) in [6, 6.07) is 12.3. The van der Waals surface area contributed by atoms with Gasteiger partial charge in [-0.05, 0) is 30.2 Å². The Bertz CT molecular complexity index is 767. The molecule has 17 heavy (non-hydrogen) atoms. The molecule has 2 heteroatoms. The fourth-order valence-corrected chi connectivity index (χ4v) is 2.91. The lowest BCUT2D eigenvalue weighted by Gasteiger charge is -2.00. The van der Waals surface area contributed by atoms with Gasteiger partial charge in [0.2, 0.25) is 0 Å². The van der Waals surface area contributed by atoms with E-state index in [4.69, 9.17) is 0 Å². The van der Waals surface area contributed by atoms with Crippen molar-refractivity contribution < 1.29 is 4.79 Å². The van der Waals surface area contributed by atoms with Crippen LogP contribution in [0.2, 0.25) is 0 Å². The first-order chi connectivity index (χ1) is 8.34. The van der Waals surface area contributed by atoms with E-state index in [0.29, 0.717) is 6.42 Å². The van der Waals surface area contributed by atoms with Gasteiger partial charge in [-0.25, -0.2) is 0 Å². The molecular weight excluding hydrogens is 210 g/mol.